The molecule has 2 aliphatic rings. The first-order chi connectivity index (χ1) is 28.3. The summed E-state index contributed by atoms with van der Waals surface area (Å²) in [7, 11) is 0. The Balaban J connectivity index is 1.17. The molecule has 57 heavy (non-hydrogen) atoms. The van der Waals surface area contributed by atoms with Gasteiger partial charge in [0.05, 0.1) is 16.8 Å². The highest BCUT2D eigenvalue weighted by molar-refractivity contribution is 7.25. The van der Waals surface area contributed by atoms with Crippen molar-refractivity contribution in [1.82, 2.24) is 0 Å². The average Bonchev–Trinajstić information content (AvgIpc) is 3.91. The van der Waals surface area contributed by atoms with Crippen molar-refractivity contribution in [1.29, 1.82) is 0 Å². The molecular formula is C55H35NS. The molecular weight excluding hydrogens is 707 g/mol. The van der Waals surface area contributed by atoms with E-state index in [1.165, 1.54) is 86.9 Å². The van der Waals surface area contributed by atoms with E-state index in [9.17, 15) is 0 Å². The molecule has 0 N–H and O–H groups in total. The monoisotopic (exact) mass is 741 g/mol. The number of para-hydroxylation sites is 2. The third-order valence-corrected chi connectivity index (χ3v) is 13.4. The van der Waals surface area contributed by atoms with Gasteiger partial charge in [0.2, 0.25) is 0 Å². The fraction of sp³-hybridized carbons (Fsp3) is 0.0182. The minimum absolute atomic E-state index is 0.444. The van der Waals surface area contributed by atoms with Crippen LogP contribution < -0.4 is 4.90 Å². The third kappa shape index (κ3) is 4.56. The van der Waals surface area contributed by atoms with Crippen LogP contribution in [0.25, 0.3) is 64.7 Å². The summed E-state index contributed by atoms with van der Waals surface area (Å²) in [5, 5.41) is 2.61. The van der Waals surface area contributed by atoms with Crippen LogP contribution in [0.1, 0.15) is 22.3 Å². The van der Waals surface area contributed by atoms with Gasteiger partial charge in [-0.15, -0.1) is 11.3 Å². The molecule has 2 aliphatic carbocycles. The predicted molar refractivity (Wildman–Crippen MR) is 241 cm³/mol. The molecule has 12 rings (SSSR count). The molecule has 0 fully saturated rings. The van der Waals surface area contributed by atoms with E-state index < -0.39 is 5.41 Å². The number of anilines is 3. The number of benzene rings is 9. The lowest BCUT2D eigenvalue weighted by Crippen LogP contribution is -2.26. The summed E-state index contributed by atoms with van der Waals surface area (Å²) < 4.78 is 2.61. The zero-order chi connectivity index (χ0) is 37.5. The fourth-order valence-electron chi connectivity index (χ4n) is 10.1. The largest absolute Gasteiger partial charge is 0.309 e. The Hall–Kier alpha value is -7.00. The maximum absolute atomic E-state index is 2.52. The summed E-state index contributed by atoms with van der Waals surface area (Å²) in [6.07, 6.45) is 0. The van der Waals surface area contributed by atoms with E-state index in [1.807, 2.05) is 11.3 Å². The van der Waals surface area contributed by atoms with Crippen molar-refractivity contribution >= 4 is 48.6 Å². The summed E-state index contributed by atoms with van der Waals surface area (Å²) >= 11 is 1.87. The van der Waals surface area contributed by atoms with Crippen molar-refractivity contribution in [3.8, 4) is 44.5 Å². The third-order valence-electron chi connectivity index (χ3n) is 12.3. The highest BCUT2D eigenvalue weighted by Gasteiger charge is 2.51. The topological polar surface area (TPSA) is 3.24 Å². The van der Waals surface area contributed by atoms with Crippen molar-refractivity contribution in [3.05, 3.63) is 235 Å². The molecule has 1 heterocycles. The van der Waals surface area contributed by atoms with Gasteiger partial charge in [0, 0.05) is 37.0 Å². The summed E-state index contributed by atoms with van der Waals surface area (Å²) in [5.74, 6) is 0. The van der Waals surface area contributed by atoms with Gasteiger partial charge in [0.25, 0.3) is 0 Å². The zero-order valence-corrected chi connectivity index (χ0v) is 31.9. The first-order valence-electron chi connectivity index (χ1n) is 19.7. The Morgan fingerprint density at radius 3 is 1.51 bits per heavy atom. The average molecular weight is 742 g/mol. The fourth-order valence-corrected chi connectivity index (χ4v) is 11.2. The molecule has 0 radical (unpaired) electrons. The second-order valence-electron chi connectivity index (χ2n) is 15.1. The standard InChI is InChI=1S/C55H35NS/c1-2-17-36(18-3-1)38-19-7-13-29-50(38)56(51-30-14-8-23-43(51)44-25-16-32-53-54(44)45-24-9-15-31-52(45)57-53)37-33-34-42-41-22-6-12-28-48(41)55(49(42)35-37)46-26-10-4-20-39(46)40-21-5-11-27-47(40)55/h1-35H. The maximum Gasteiger partial charge on any atom is 0.0726 e. The zero-order valence-electron chi connectivity index (χ0n) is 31.1. The lowest BCUT2D eigenvalue weighted by atomic mass is 9.70. The van der Waals surface area contributed by atoms with Crippen LogP contribution in [-0.4, -0.2) is 0 Å². The van der Waals surface area contributed by atoms with Gasteiger partial charge < -0.3 is 4.90 Å². The molecule has 1 nitrogen and oxygen atoms in total. The van der Waals surface area contributed by atoms with E-state index >= 15 is 0 Å². The van der Waals surface area contributed by atoms with Crippen LogP contribution in [0, 0.1) is 0 Å². The summed E-state index contributed by atoms with van der Waals surface area (Å²) in [6.45, 7) is 0. The molecule has 0 saturated carbocycles. The van der Waals surface area contributed by atoms with Crippen LogP contribution in [0.4, 0.5) is 17.1 Å². The van der Waals surface area contributed by atoms with E-state index in [4.69, 9.17) is 0 Å². The predicted octanol–water partition coefficient (Wildman–Crippen LogP) is 15.2. The molecule has 1 aromatic heterocycles. The van der Waals surface area contributed by atoms with Gasteiger partial charge in [0.15, 0.2) is 0 Å². The molecule has 0 amide bonds. The Morgan fingerprint density at radius 2 is 0.825 bits per heavy atom. The Morgan fingerprint density at radius 1 is 0.333 bits per heavy atom. The van der Waals surface area contributed by atoms with Crippen LogP contribution in [-0.2, 0) is 5.41 Å². The van der Waals surface area contributed by atoms with Crippen LogP contribution in [0.3, 0.4) is 0 Å². The number of hydrogen-bond donors (Lipinski definition) is 0. The molecule has 9 aromatic carbocycles. The lowest BCUT2D eigenvalue weighted by molar-refractivity contribution is 0.793. The molecule has 10 aromatic rings. The van der Waals surface area contributed by atoms with E-state index in [-0.39, 0.29) is 0 Å². The highest BCUT2D eigenvalue weighted by Crippen LogP contribution is 2.63. The first kappa shape index (κ1) is 32.3. The van der Waals surface area contributed by atoms with Gasteiger partial charge in [-0.2, -0.15) is 0 Å². The quantitative estimate of drug-likeness (QED) is 0.170. The number of fused-ring (bicyclic) bond motifs is 13. The summed E-state index contributed by atoms with van der Waals surface area (Å²) in [6, 6.07) is 78.8. The smallest absolute Gasteiger partial charge is 0.0726 e. The number of rotatable bonds is 5. The molecule has 0 bridgehead atoms. The number of hydrogen-bond acceptors (Lipinski definition) is 2. The van der Waals surface area contributed by atoms with Gasteiger partial charge >= 0.3 is 0 Å². The van der Waals surface area contributed by atoms with Gasteiger partial charge in [-0.3, -0.25) is 0 Å². The Bertz CT molecular complexity index is 3140. The van der Waals surface area contributed by atoms with E-state index in [0.717, 1.165) is 17.1 Å². The van der Waals surface area contributed by atoms with Crippen LogP contribution in [0.2, 0.25) is 0 Å². The SMILES string of the molecule is c1ccc(-c2ccccc2N(c2ccc3c(c2)C2(c4ccccc4-c4ccccc42)c2ccccc2-3)c2ccccc2-c2cccc3sc4ccccc4c23)cc1. The van der Waals surface area contributed by atoms with Crippen molar-refractivity contribution < 1.29 is 0 Å². The Kier molecular flexibility index (Phi) is 7.08. The van der Waals surface area contributed by atoms with E-state index in [1.54, 1.807) is 0 Å². The maximum atomic E-state index is 2.52. The normalized spacial score (nSPS) is 13.1. The van der Waals surface area contributed by atoms with Gasteiger partial charge in [-0.1, -0.05) is 176 Å². The second-order valence-corrected chi connectivity index (χ2v) is 16.2. The van der Waals surface area contributed by atoms with Crippen molar-refractivity contribution in [2.24, 2.45) is 0 Å². The molecule has 0 aliphatic heterocycles. The van der Waals surface area contributed by atoms with Gasteiger partial charge in [-0.25, -0.2) is 0 Å². The molecule has 0 atom stereocenters. The molecule has 266 valence electrons. The minimum Gasteiger partial charge on any atom is -0.309 e. The number of nitrogens with zero attached hydrogens (tertiary/aromatic N) is 1. The Labute approximate surface area is 336 Å². The molecule has 1 spiro atoms. The van der Waals surface area contributed by atoms with Crippen LogP contribution in [0.15, 0.2) is 212 Å². The second kappa shape index (κ2) is 12.5. The van der Waals surface area contributed by atoms with Crippen LogP contribution in [0.5, 0.6) is 0 Å². The van der Waals surface area contributed by atoms with Crippen LogP contribution >= 0.6 is 11.3 Å². The molecule has 0 saturated heterocycles. The highest BCUT2D eigenvalue weighted by atomic mass is 32.1. The van der Waals surface area contributed by atoms with Crippen molar-refractivity contribution in [2.45, 2.75) is 5.41 Å². The molecule has 2 heteroatoms. The summed E-state index contributed by atoms with van der Waals surface area (Å²) in [5.41, 5.74) is 18.4. The van der Waals surface area contributed by atoms with Crippen molar-refractivity contribution in [3.63, 3.8) is 0 Å². The summed E-state index contributed by atoms with van der Waals surface area (Å²) in [4.78, 5) is 2.52. The van der Waals surface area contributed by atoms with E-state index in [2.05, 4.69) is 217 Å². The number of thiophene rings is 1. The minimum atomic E-state index is -0.444. The lowest BCUT2D eigenvalue weighted by Gasteiger charge is -2.33. The first-order valence-corrected chi connectivity index (χ1v) is 20.5. The van der Waals surface area contributed by atoms with E-state index in [0.29, 0.717) is 0 Å². The molecule has 0 unspecified atom stereocenters. The van der Waals surface area contributed by atoms with Gasteiger partial charge in [0.1, 0.15) is 0 Å². The van der Waals surface area contributed by atoms with Crippen molar-refractivity contribution in [2.75, 3.05) is 4.90 Å². The van der Waals surface area contributed by atoms with Gasteiger partial charge in [-0.05, 0) is 92.0 Å².